The average molecular weight is 472 g/mol. The SMILES string of the molecule is COCCN1C[C@H](C(=O)C2CCCCC2)C(c2cccc(F)c2C)[C@@H](C(=O)C2CCCCC2)C1. The van der Waals surface area contributed by atoms with E-state index in [1.807, 2.05) is 13.0 Å². The van der Waals surface area contributed by atoms with E-state index in [1.54, 1.807) is 13.2 Å². The molecule has 1 aromatic rings. The molecule has 0 radical (unpaired) electrons. The number of rotatable bonds is 8. The number of hydrogen-bond donors (Lipinski definition) is 0. The minimum Gasteiger partial charge on any atom is -0.383 e. The van der Waals surface area contributed by atoms with Gasteiger partial charge in [-0.2, -0.15) is 0 Å². The van der Waals surface area contributed by atoms with Crippen molar-refractivity contribution in [3.05, 3.63) is 35.1 Å². The normalized spacial score (nSPS) is 26.0. The third-order valence-corrected chi connectivity index (χ3v) is 8.80. The summed E-state index contributed by atoms with van der Waals surface area (Å²) in [7, 11) is 1.69. The molecule has 0 N–H and O–H groups in total. The lowest BCUT2D eigenvalue weighted by Crippen LogP contribution is -2.53. The first kappa shape index (κ1) is 25.5. The highest BCUT2D eigenvalue weighted by Crippen LogP contribution is 2.44. The summed E-state index contributed by atoms with van der Waals surface area (Å²) < 4.78 is 20.1. The highest BCUT2D eigenvalue weighted by atomic mass is 19.1. The second-order valence-electron chi connectivity index (χ2n) is 10.9. The zero-order valence-corrected chi connectivity index (χ0v) is 21.1. The summed E-state index contributed by atoms with van der Waals surface area (Å²) in [4.78, 5) is 30.3. The number of ether oxygens (including phenoxy) is 1. The Hall–Kier alpha value is -1.59. The van der Waals surface area contributed by atoms with Gasteiger partial charge >= 0.3 is 0 Å². The standard InChI is InChI=1S/C29H42FNO3/c1-20-23(14-9-15-26(20)30)27-24(28(32)21-10-5-3-6-11-21)18-31(16-17-34-2)19-25(27)29(33)22-12-7-4-8-13-22/h9,14-15,21-22,24-25,27H,3-8,10-13,16-19H2,1-2H3/t24-,25-/m0/s1. The van der Waals surface area contributed by atoms with Gasteiger partial charge in [-0.3, -0.25) is 14.5 Å². The summed E-state index contributed by atoms with van der Waals surface area (Å²) in [5, 5.41) is 0. The molecule has 3 fully saturated rings. The van der Waals surface area contributed by atoms with Crippen LogP contribution in [0.1, 0.15) is 81.3 Å². The van der Waals surface area contributed by atoms with Crippen LogP contribution in [0.25, 0.3) is 0 Å². The van der Waals surface area contributed by atoms with Crippen LogP contribution in [0, 0.1) is 36.4 Å². The van der Waals surface area contributed by atoms with Crippen molar-refractivity contribution in [3.8, 4) is 0 Å². The van der Waals surface area contributed by atoms with Gasteiger partial charge in [-0.15, -0.1) is 0 Å². The van der Waals surface area contributed by atoms with Crippen LogP contribution in [0.4, 0.5) is 4.39 Å². The Bertz CT molecular complexity index is 804. The molecule has 1 aromatic carbocycles. The number of methoxy groups -OCH3 is 1. The van der Waals surface area contributed by atoms with Gasteiger partial charge in [-0.25, -0.2) is 4.39 Å². The Morgan fingerprint density at radius 1 is 0.912 bits per heavy atom. The molecular formula is C29H42FNO3. The van der Waals surface area contributed by atoms with E-state index in [2.05, 4.69) is 4.90 Å². The zero-order valence-electron chi connectivity index (χ0n) is 21.1. The molecule has 2 aliphatic carbocycles. The number of Topliss-reactive ketones (excluding diaryl/α,β-unsaturated/α-hetero) is 2. The van der Waals surface area contributed by atoms with E-state index in [4.69, 9.17) is 4.74 Å². The largest absolute Gasteiger partial charge is 0.383 e. The number of nitrogens with zero attached hydrogens (tertiary/aromatic N) is 1. The van der Waals surface area contributed by atoms with E-state index in [0.29, 0.717) is 43.4 Å². The van der Waals surface area contributed by atoms with E-state index in [9.17, 15) is 14.0 Å². The third kappa shape index (κ3) is 5.62. The summed E-state index contributed by atoms with van der Waals surface area (Å²) >= 11 is 0. The first-order valence-corrected chi connectivity index (χ1v) is 13.5. The molecule has 2 saturated carbocycles. The van der Waals surface area contributed by atoms with E-state index in [1.165, 1.54) is 18.9 Å². The number of carbonyl (C=O) groups excluding carboxylic acids is 2. The second-order valence-corrected chi connectivity index (χ2v) is 10.9. The smallest absolute Gasteiger partial charge is 0.140 e. The Morgan fingerprint density at radius 3 is 1.94 bits per heavy atom. The first-order chi connectivity index (χ1) is 16.5. The van der Waals surface area contributed by atoms with Crippen molar-refractivity contribution < 1.29 is 18.7 Å². The van der Waals surface area contributed by atoms with Crippen molar-refractivity contribution in [3.63, 3.8) is 0 Å². The van der Waals surface area contributed by atoms with E-state index >= 15 is 0 Å². The lowest BCUT2D eigenvalue weighted by molar-refractivity contribution is -0.137. The van der Waals surface area contributed by atoms with Gasteiger partial charge in [0.1, 0.15) is 17.4 Å². The monoisotopic (exact) mass is 471 g/mol. The summed E-state index contributed by atoms with van der Waals surface area (Å²) in [5.41, 5.74) is 1.47. The maximum atomic E-state index is 14.7. The molecule has 0 unspecified atom stereocenters. The first-order valence-electron chi connectivity index (χ1n) is 13.5. The molecular weight excluding hydrogens is 429 g/mol. The number of halogens is 1. The van der Waals surface area contributed by atoms with Crippen LogP contribution in [-0.2, 0) is 14.3 Å². The average Bonchev–Trinajstić information content (AvgIpc) is 2.89. The van der Waals surface area contributed by atoms with Crippen LogP contribution >= 0.6 is 0 Å². The van der Waals surface area contributed by atoms with Crippen molar-refractivity contribution in [1.82, 2.24) is 4.90 Å². The molecule has 5 heteroatoms. The van der Waals surface area contributed by atoms with Crippen LogP contribution in [0.3, 0.4) is 0 Å². The molecule has 4 nitrogen and oxygen atoms in total. The van der Waals surface area contributed by atoms with Crippen LogP contribution in [0.2, 0.25) is 0 Å². The molecule has 1 saturated heterocycles. The molecule has 2 atom stereocenters. The summed E-state index contributed by atoms with van der Waals surface area (Å²) in [5.74, 6) is -0.274. The van der Waals surface area contributed by atoms with Crippen LogP contribution in [-0.4, -0.2) is 49.8 Å². The minimum atomic E-state index is -0.272. The predicted octanol–water partition coefficient (Wildman–Crippen LogP) is 5.71. The lowest BCUT2D eigenvalue weighted by Gasteiger charge is -2.45. The molecule has 0 spiro atoms. The highest BCUT2D eigenvalue weighted by Gasteiger charge is 2.47. The number of carbonyl (C=O) groups is 2. The zero-order chi connectivity index (χ0) is 24.1. The van der Waals surface area contributed by atoms with E-state index in [-0.39, 0.29) is 35.4 Å². The maximum Gasteiger partial charge on any atom is 0.140 e. The van der Waals surface area contributed by atoms with Crippen molar-refractivity contribution in [2.45, 2.75) is 77.0 Å². The van der Waals surface area contributed by atoms with Crippen molar-refractivity contribution >= 4 is 11.6 Å². The van der Waals surface area contributed by atoms with Gasteiger partial charge in [-0.05, 0) is 49.8 Å². The topological polar surface area (TPSA) is 46.6 Å². The Balaban J connectivity index is 1.73. The van der Waals surface area contributed by atoms with Crippen molar-refractivity contribution in [1.29, 1.82) is 0 Å². The number of hydrogen-bond acceptors (Lipinski definition) is 4. The number of ketones is 2. The minimum absolute atomic E-state index is 0.0722. The van der Waals surface area contributed by atoms with Crippen LogP contribution < -0.4 is 0 Å². The number of piperidine rings is 1. The fourth-order valence-corrected chi connectivity index (χ4v) is 6.87. The summed E-state index contributed by atoms with van der Waals surface area (Å²) in [6, 6.07) is 5.21. The second kappa shape index (κ2) is 11.9. The predicted molar refractivity (Wildman–Crippen MR) is 132 cm³/mol. The van der Waals surface area contributed by atoms with Gasteiger partial charge in [0.25, 0.3) is 0 Å². The number of likely N-dealkylation sites (tertiary alicyclic amines) is 1. The molecule has 1 aliphatic heterocycles. The molecule has 0 amide bonds. The van der Waals surface area contributed by atoms with Crippen molar-refractivity contribution in [2.75, 3.05) is 33.4 Å². The lowest BCUT2D eigenvalue weighted by atomic mass is 9.64. The van der Waals surface area contributed by atoms with E-state index < -0.39 is 0 Å². The number of benzene rings is 1. The molecule has 188 valence electrons. The Kier molecular flexibility index (Phi) is 8.92. The van der Waals surface area contributed by atoms with Gasteiger partial charge in [0.2, 0.25) is 0 Å². The highest BCUT2D eigenvalue weighted by molar-refractivity contribution is 5.89. The van der Waals surface area contributed by atoms with Gasteiger partial charge in [0.05, 0.1) is 6.61 Å². The molecule has 0 bridgehead atoms. The van der Waals surface area contributed by atoms with Gasteiger partial charge in [0, 0.05) is 56.3 Å². The van der Waals surface area contributed by atoms with Gasteiger partial charge in [-0.1, -0.05) is 50.7 Å². The molecule has 1 heterocycles. The molecule has 4 rings (SSSR count). The Morgan fingerprint density at radius 2 is 1.44 bits per heavy atom. The fourth-order valence-electron chi connectivity index (χ4n) is 6.87. The summed E-state index contributed by atoms with van der Waals surface area (Å²) in [6.45, 7) is 4.38. The fraction of sp³-hybridized carbons (Fsp3) is 0.724. The van der Waals surface area contributed by atoms with Gasteiger partial charge in [0.15, 0.2) is 0 Å². The molecule has 0 aromatic heterocycles. The molecule has 3 aliphatic rings. The summed E-state index contributed by atoms with van der Waals surface area (Å²) in [6.07, 6.45) is 10.6. The third-order valence-electron chi connectivity index (χ3n) is 8.80. The van der Waals surface area contributed by atoms with Crippen molar-refractivity contribution in [2.24, 2.45) is 23.7 Å². The van der Waals surface area contributed by atoms with Gasteiger partial charge < -0.3 is 4.74 Å². The Labute approximate surface area is 204 Å². The van der Waals surface area contributed by atoms with E-state index in [0.717, 1.165) is 56.9 Å². The van der Waals surface area contributed by atoms with Crippen LogP contribution in [0.5, 0.6) is 0 Å². The maximum absolute atomic E-state index is 14.7. The molecule has 34 heavy (non-hydrogen) atoms. The quantitative estimate of drug-likeness (QED) is 0.487. The van der Waals surface area contributed by atoms with Crippen LogP contribution in [0.15, 0.2) is 18.2 Å².